The molecule has 98 valence electrons. The van der Waals surface area contributed by atoms with Gasteiger partial charge < -0.3 is 5.32 Å². The highest BCUT2D eigenvalue weighted by Crippen LogP contribution is 2.27. The third kappa shape index (κ3) is 1.53. The summed E-state index contributed by atoms with van der Waals surface area (Å²) in [7, 11) is 0. The van der Waals surface area contributed by atoms with E-state index in [-0.39, 0.29) is 11.5 Å². The summed E-state index contributed by atoms with van der Waals surface area (Å²) in [6.07, 6.45) is 1.77. The van der Waals surface area contributed by atoms with Gasteiger partial charge in [0.25, 0.3) is 11.3 Å². The number of hydrogen-bond acceptors (Lipinski definition) is 4. The van der Waals surface area contributed by atoms with E-state index in [0.717, 1.165) is 16.8 Å². The van der Waals surface area contributed by atoms with Gasteiger partial charge in [-0.3, -0.25) is 14.7 Å². The lowest BCUT2D eigenvalue weighted by atomic mass is 10.1. The van der Waals surface area contributed by atoms with Crippen molar-refractivity contribution in [3.63, 3.8) is 0 Å². The van der Waals surface area contributed by atoms with Crippen molar-refractivity contribution in [2.24, 2.45) is 0 Å². The summed E-state index contributed by atoms with van der Waals surface area (Å²) in [6.45, 7) is 0. The van der Waals surface area contributed by atoms with Gasteiger partial charge in [-0.1, -0.05) is 6.07 Å². The number of anilines is 1. The Balaban J connectivity index is 1.89. The van der Waals surface area contributed by atoms with Crippen LogP contribution in [0.5, 0.6) is 0 Å². The molecule has 0 saturated carbocycles. The molecule has 1 aliphatic heterocycles. The minimum absolute atomic E-state index is 0.0204. The molecule has 4 rings (SSSR count). The Kier molecular flexibility index (Phi) is 2.06. The van der Waals surface area contributed by atoms with Crippen LogP contribution in [-0.2, 0) is 11.2 Å². The van der Waals surface area contributed by atoms with Crippen molar-refractivity contribution in [1.82, 2.24) is 19.6 Å². The van der Waals surface area contributed by atoms with Crippen molar-refractivity contribution >= 4 is 17.4 Å². The lowest BCUT2D eigenvalue weighted by molar-refractivity contribution is -0.115. The zero-order chi connectivity index (χ0) is 13.7. The van der Waals surface area contributed by atoms with Gasteiger partial charge in [-0.25, -0.2) is 9.97 Å². The topological polar surface area (TPSA) is 92.1 Å². The number of rotatable bonds is 1. The Hall–Kier alpha value is -2.96. The van der Waals surface area contributed by atoms with Gasteiger partial charge in [0.2, 0.25) is 5.91 Å². The second-order valence-electron chi connectivity index (χ2n) is 4.60. The van der Waals surface area contributed by atoms with Gasteiger partial charge in [-0.15, -0.1) is 0 Å². The van der Waals surface area contributed by atoms with E-state index in [2.05, 4.69) is 20.4 Å². The zero-order valence-corrected chi connectivity index (χ0v) is 10.3. The van der Waals surface area contributed by atoms with Crippen molar-refractivity contribution in [2.75, 3.05) is 5.32 Å². The highest BCUT2D eigenvalue weighted by atomic mass is 16.2. The van der Waals surface area contributed by atoms with E-state index in [4.69, 9.17) is 0 Å². The first-order valence-electron chi connectivity index (χ1n) is 6.07. The number of aromatic nitrogens is 4. The zero-order valence-electron chi connectivity index (χ0n) is 10.3. The van der Waals surface area contributed by atoms with Gasteiger partial charge in [0.05, 0.1) is 12.1 Å². The fourth-order valence-electron chi connectivity index (χ4n) is 2.36. The first kappa shape index (κ1) is 10.9. The van der Waals surface area contributed by atoms with Gasteiger partial charge in [-0.2, -0.15) is 4.52 Å². The molecule has 0 radical (unpaired) electrons. The Labute approximate surface area is 112 Å². The number of carbonyl (C=O) groups is 1. The number of nitrogens with one attached hydrogen (secondary N) is 2. The van der Waals surface area contributed by atoms with Crippen molar-refractivity contribution in [3.05, 3.63) is 46.5 Å². The molecular formula is C13H9N5O2. The lowest BCUT2D eigenvalue weighted by Crippen LogP contribution is -2.14. The molecule has 0 spiro atoms. The Morgan fingerprint density at radius 3 is 3.00 bits per heavy atom. The first-order chi connectivity index (χ1) is 9.70. The molecule has 2 N–H and O–H groups in total. The summed E-state index contributed by atoms with van der Waals surface area (Å²) < 4.78 is 1.27. The van der Waals surface area contributed by atoms with Crippen LogP contribution in [0.25, 0.3) is 17.0 Å². The molecule has 20 heavy (non-hydrogen) atoms. The summed E-state index contributed by atoms with van der Waals surface area (Å²) in [5.41, 5.74) is 2.84. The Morgan fingerprint density at radius 1 is 1.20 bits per heavy atom. The SMILES string of the molecule is O=C1Cc2cc(-c3cc(=O)n4[nH]cnc4n3)ccc2N1. The van der Waals surface area contributed by atoms with Crippen molar-refractivity contribution in [2.45, 2.75) is 6.42 Å². The molecule has 2 aromatic heterocycles. The number of hydrogen-bond donors (Lipinski definition) is 2. The predicted octanol–water partition coefficient (Wildman–Crippen LogP) is 0.579. The van der Waals surface area contributed by atoms with E-state index in [1.165, 1.54) is 16.9 Å². The van der Waals surface area contributed by atoms with E-state index in [9.17, 15) is 9.59 Å². The average Bonchev–Trinajstić information content (AvgIpc) is 3.02. The molecule has 7 nitrogen and oxygen atoms in total. The maximum atomic E-state index is 11.9. The molecule has 0 bridgehead atoms. The lowest BCUT2D eigenvalue weighted by Gasteiger charge is -2.03. The number of nitrogens with zero attached hydrogens (tertiary/aromatic N) is 3. The van der Waals surface area contributed by atoms with Gasteiger partial charge in [-0.05, 0) is 17.7 Å². The summed E-state index contributed by atoms with van der Waals surface area (Å²) in [4.78, 5) is 31.6. The van der Waals surface area contributed by atoms with Crippen LogP contribution in [0.2, 0.25) is 0 Å². The molecule has 1 aromatic carbocycles. The van der Waals surface area contributed by atoms with Gasteiger partial charge in [0.15, 0.2) is 0 Å². The van der Waals surface area contributed by atoms with Crippen LogP contribution >= 0.6 is 0 Å². The van der Waals surface area contributed by atoms with Crippen LogP contribution in [-0.4, -0.2) is 25.5 Å². The van der Waals surface area contributed by atoms with Crippen LogP contribution in [0, 0.1) is 0 Å². The van der Waals surface area contributed by atoms with E-state index >= 15 is 0 Å². The number of carbonyl (C=O) groups excluding carboxylic acids is 1. The number of fused-ring (bicyclic) bond motifs is 2. The second-order valence-corrected chi connectivity index (χ2v) is 4.60. The van der Waals surface area contributed by atoms with Crippen LogP contribution in [0.1, 0.15) is 5.56 Å². The molecule has 1 amide bonds. The van der Waals surface area contributed by atoms with Crippen molar-refractivity contribution in [3.8, 4) is 11.3 Å². The highest BCUT2D eigenvalue weighted by Gasteiger charge is 2.18. The van der Waals surface area contributed by atoms with E-state index < -0.39 is 0 Å². The number of amides is 1. The quantitative estimate of drug-likeness (QED) is 0.674. The van der Waals surface area contributed by atoms with E-state index in [1.54, 1.807) is 0 Å². The molecule has 7 heteroatoms. The Morgan fingerprint density at radius 2 is 2.10 bits per heavy atom. The monoisotopic (exact) mass is 267 g/mol. The van der Waals surface area contributed by atoms with Gasteiger partial charge in [0, 0.05) is 17.3 Å². The largest absolute Gasteiger partial charge is 0.326 e. The highest BCUT2D eigenvalue weighted by molar-refractivity contribution is 5.99. The van der Waals surface area contributed by atoms with Gasteiger partial charge >= 0.3 is 0 Å². The summed E-state index contributed by atoms with van der Waals surface area (Å²) >= 11 is 0. The predicted molar refractivity (Wildman–Crippen MR) is 71.4 cm³/mol. The number of benzene rings is 1. The van der Waals surface area contributed by atoms with Crippen molar-refractivity contribution in [1.29, 1.82) is 0 Å². The molecule has 1 aliphatic rings. The van der Waals surface area contributed by atoms with Gasteiger partial charge in [0.1, 0.15) is 6.33 Å². The second kappa shape index (κ2) is 3.77. The summed E-state index contributed by atoms with van der Waals surface area (Å²) in [5.74, 6) is 0.301. The molecular weight excluding hydrogens is 258 g/mol. The normalized spacial score (nSPS) is 13.5. The maximum absolute atomic E-state index is 11.9. The molecule has 0 aliphatic carbocycles. The molecule has 3 heterocycles. The number of aromatic amines is 1. The minimum atomic E-state index is -0.225. The first-order valence-corrected chi connectivity index (χ1v) is 6.07. The third-order valence-electron chi connectivity index (χ3n) is 3.29. The van der Waals surface area contributed by atoms with E-state index in [0.29, 0.717) is 17.9 Å². The maximum Gasteiger partial charge on any atom is 0.274 e. The van der Waals surface area contributed by atoms with Crippen LogP contribution in [0.4, 0.5) is 5.69 Å². The van der Waals surface area contributed by atoms with Crippen LogP contribution < -0.4 is 10.9 Å². The fraction of sp³-hybridized carbons (Fsp3) is 0.0769. The molecule has 0 atom stereocenters. The Bertz CT molecular complexity index is 909. The molecule has 0 saturated heterocycles. The van der Waals surface area contributed by atoms with Crippen molar-refractivity contribution < 1.29 is 4.79 Å². The standard InChI is InChI=1S/C13H9N5O2/c19-11-4-8-3-7(1-2-9(8)16-11)10-5-12(20)18-13(17-10)14-6-15-18/h1-3,5-6H,4H2,(H,16,19)(H,14,15,17). The van der Waals surface area contributed by atoms with Crippen LogP contribution in [0.3, 0.4) is 0 Å². The molecule has 0 unspecified atom stereocenters. The summed E-state index contributed by atoms with van der Waals surface area (Å²) in [6, 6.07) is 6.97. The van der Waals surface area contributed by atoms with Crippen LogP contribution in [0.15, 0.2) is 35.4 Å². The average molecular weight is 267 g/mol. The molecule has 3 aromatic rings. The minimum Gasteiger partial charge on any atom is -0.326 e. The number of H-pyrrole nitrogens is 1. The van der Waals surface area contributed by atoms with E-state index in [1.807, 2.05) is 18.2 Å². The fourth-order valence-corrected chi connectivity index (χ4v) is 2.36. The summed E-state index contributed by atoms with van der Waals surface area (Å²) in [5, 5.41) is 5.46. The molecule has 0 fully saturated rings. The smallest absolute Gasteiger partial charge is 0.274 e. The third-order valence-corrected chi connectivity index (χ3v) is 3.29.